The molecule has 1 atom stereocenters. The van der Waals surface area contributed by atoms with Gasteiger partial charge in [-0.3, -0.25) is 4.68 Å². The summed E-state index contributed by atoms with van der Waals surface area (Å²) in [6, 6.07) is 0. The van der Waals surface area contributed by atoms with Gasteiger partial charge in [-0.25, -0.2) is 0 Å². The van der Waals surface area contributed by atoms with Crippen LogP contribution in [0.25, 0.3) is 0 Å². The maximum Gasteiger partial charge on any atom is 0.147 e. The van der Waals surface area contributed by atoms with Gasteiger partial charge in [-0.05, 0) is 24.9 Å². The zero-order valence-corrected chi connectivity index (χ0v) is 9.69. The third-order valence-corrected chi connectivity index (χ3v) is 2.69. The minimum atomic E-state index is 0.308. The predicted molar refractivity (Wildman–Crippen MR) is 60.1 cm³/mol. The minimum absolute atomic E-state index is 0.308. The first-order chi connectivity index (χ1) is 7.84. The molecule has 1 saturated heterocycles. The number of nitrogens with zero attached hydrogens (tertiary/aromatic N) is 2. The van der Waals surface area contributed by atoms with E-state index in [0.717, 1.165) is 32.5 Å². The van der Waals surface area contributed by atoms with E-state index in [2.05, 4.69) is 10.4 Å². The van der Waals surface area contributed by atoms with Crippen molar-refractivity contribution in [3.8, 4) is 0 Å². The molecule has 1 aromatic heterocycles. The van der Waals surface area contributed by atoms with Crippen LogP contribution in [0.1, 0.15) is 12.0 Å². The highest BCUT2D eigenvalue weighted by atomic mass is 16.7. The van der Waals surface area contributed by atoms with E-state index in [-0.39, 0.29) is 0 Å². The first-order valence-electron chi connectivity index (χ1n) is 5.72. The maximum atomic E-state index is 5.43. The number of aromatic nitrogens is 2. The van der Waals surface area contributed by atoms with Gasteiger partial charge in [0, 0.05) is 19.8 Å². The molecule has 1 aliphatic rings. The van der Waals surface area contributed by atoms with Crippen LogP contribution in [-0.4, -0.2) is 42.4 Å². The largest absolute Gasteiger partial charge is 0.355 e. The van der Waals surface area contributed by atoms with E-state index in [9.17, 15) is 0 Å². The fraction of sp³-hybridized carbons (Fsp3) is 0.727. The van der Waals surface area contributed by atoms with Crippen molar-refractivity contribution < 1.29 is 9.47 Å². The van der Waals surface area contributed by atoms with Crippen molar-refractivity contribution in [2.45, 2.75) is 18.9 Å². The van der Waals surface area contributed by atoms with Gasteiger partial charge in [0.2, 0.25) is 0 Å². The molecule has 1 fully saturated rings. The van der Waals surface area contributed by atoms with Gasteiger partial charge >= 0.3 is 0 Å². The van der Waals surface area contributed by atoms with Gasteiger partial charge in [0.25, 0.3) is 0 Å². The fourth-order valence-electron chi connectivity index (χ4n) is 1.76. The molecule has 5 nitrogen and oxygen atoms in total. The van der Waals surface area contributed by atoms with E-state index < -0.39 is 0 Å². The Labute approximate surface area is 95.7 Å². The van der Waals surface area contributed by atoms with E-state index in [0.29, 0.717) is 12.9 Å². The summed E-state index contributed by atoms with van der Waals surface area (Å²) in [7, 11) is 1.94. The summed E-state index contributed by atoms with van der Waals surface area (Å²) in [5.41, 5.74) is 1.27. The Morgan fingerprint density at radius 3 is 3.25 bits per heavy atom. The third kappa shape index (κ3) is 3.59. The van der Waals surface area contributed by atoms with Crippen LogP contribution in [-0.2, 0) is 22.9 Å². The molecule has 0 saturated carbocycles. The molecule has 0 radical (unpaired) electrons. The molecule has 0 bridgehead atoms. The molecule has 90 valence electrons. The van der Waals surface area contributed by atoms with Crippen molar-refractivity contribution in [1.82, 2.24) is 15.1 Å². The summed E-state index contributed by atoms with van der Waals surface area (Å²) in [5.74, 6) is 0. The topological polar surface area (TPSA) is 48.3 Å². The Hall–Kier alpha value is -0.910. The number of hydrogen-bond donors (Lipinski definition) is 1. The van der Waals surface area contributed by atoms with Crippen LogP contribution in [0.4, 0.5) is 0 Å². The van der Waals surface area contributed by atoms with Gasteiger partial charge < -0.3 is 14.8 Å². The summed E-state index contributed by atoms with van der Waals surface area (Å²) in [4.78, 5) is 0. The predicted octanol–water partition coefficient (Wildman–Crippen LogP) is 0.315. The number of rotatable bonds is 5. The van der Waals surface area contributed by atoms with Crippen molar-refractivity contribution in [3.63, 3.8) is 0 Å². The molecule has 1 aromatic rings. The summed E-state index contributed by atoms with van der Waals surface area (Å²) >= 11 is 0. The van der Waals surface area contributed by atoms with Gasteiger partial charge in [-0.15, -0.1) is 0 Å². The highest BCUT2D eigenvalue weighted by Crippen LogP contribution is 2.04. The van der Waals surface area contributed by atoms with Crippen LogP contribution in [0.15, 0.2) is 12.4 Å². The standard InChI is InChI=1S/C11H19N3O2/c1-14-8-10(6-13-14)2-4-12-7-11-3-5-15-9-16-11/h6,8,11-12H,2-5,7,9H2,1H3. The first-order valence-corrected chi connectivity index (χ1v) is 5.72. The summed E-state index contributed by atoms with van der Waals surface area (Å²) in [6.45, 7) is 3.12. The lowest BCUT2D eigenvalue weighted by Gasteiger charge is -2.22. The van der Waals surface area contributed by atoms with Crippen molar-refractivity contribution in [2.75, 3.05) is 26.5 Å². The Kier molecular flexibility index (Phi) is 4.33. The molecule has 5 heteroatoms. The molecule has 0 aliphatic carbocycles. The molecule has 0 amide bonds. The summed E-state index contributed by atoms with van der Waals surface area (Å²) in [6.07, 6.45) is 6.26. The molecule has 16 heavy (non-hydrogen) atoms. The van der Waals surface area contributed by atoms with Crippen LogP contribution in [0.2, 0.25) is 0 Å². The lowest BCUT2D eigenvalue weighted by Crippen LogP contribution is -2.34. The second-order valence-corrected chi connectivity index (χ2v) is 4.08. The smallest absolute Gasteiger partial charge is 0.147 e. The highest BCUT2D eigenvalue weighted by molar-refractivity contribution is 5.03. The Morgan fingerprint density at radius 1 is 1.62 bits per heavy atom. The van der Waals surface area contributed by atoms with Gasteiger partial charge in [-0.1, -0.05) is 0 Å². The molecular weight excluding hydrogens is 206 g/mol. The summed E-state index contributed by atoms with van der Waals surface area (Å²) in [5, 5.41) is 7.53. The quantitative estimate of drug-likeness (QED) is 0.733. The van der Waals surface area contributed by atoms with Crippen molar-refractivity contribution in [2.24, 2.45) is 7.05 Å². The monoisotopic (exact) mass is 225 g/mol. The zero-order chi connectivity index (χ0) is 11.2. The highest BCUT2D eigenvalue weighted by Gasteiger charge is 2.12. The third-order valence-electron chi connectivity index (χ3n) is 2.69. The second kappa shape index (κ2) is 5.98. The molecule has 2 heterocycles. The Morgan fingerprint density at radius 2 is 2.56 bits per heavy atom. The van der Waals surface area contributed by atoms with E-state index in [4.69, 9.17) is 9.47 Å². The molecule has 1 unspecified atom stereocenters. The number of nitrogens with one attached hydrogen (secondary N) is 1. The number of hydrogen-bond acceptors (Lipinski definition) is 4. The SMILES string of the molecule is Cn1cc(CCNCC2CCOCO2)cn1. The average molecular weight is 225 g/mol. The van der Waals surface area contributed by atoms with E-state index in [1.807, 2.05) is 24.1 Å². The van der Waals surface area contributed by atoms with Crippen LogP contribution >= 0.6 is 0 Å². The van der Waals surface area contributed by atoms with E-state index >= 15 is 0 Å². The molecule has 2 rings (SSSR count). The average Bonchev–Trinajstić information content (AvgIpc) is 2.72. The minimum Gasteiger partial charge on any atom is -0.355 e. The molecule has 1 N–H and O–H groups in total. The second-order valence-electron chi connectivity index (χ2n) is 4.08. The van der Waals surface area contributed by atoms with Gasteiger partial charge in [0.1, 0.15) is 6.79 Å². The van der Waals surface area contributed by atoms with Crippen LogP contribution in [0.5, 0.6) is 0 Å². The van der Waals surface area contributed by atoms with Crippen molar-refractivity contribution in [3.05, 3.63) is 18.0 Å². The van der Waals surface area contributed by atoms with Crippen molar-refractivity contribution >= 4 is 0 Å². The van der Waals surface area contributed by atoms with Gasteiger partial charge in [-0.2, -0.15) is 5.10 Å². The zero-order valence-electron chi connectivity index (χ0n) is 9.69. The van der Waals surface area contributed by atoms with Crippen molar-refractivity contribution in [1.29, 1.82) is 0 Å². The Bertz CT molecular complexity index is 308. The lowest BCUT2D eigenvalue weighted by atomic mass is 10.2. The van der Waals surface area contributed by atoms with Gasteiger partial charge in [0.15, 0.2) is 0 Å². The molecule has 0 spiro atoms. The van der Waals surface area contributed by atoms with Crippen LogP contribution in [0, 0.1) is 0 Å². The molecule has 0 aromatic carbocycles. The lowest BCUT2D eigenvalue weighted by molar-refractivity contribution is -0.137. The number of aryl methyl sites for hydroxylation is 1. The maximum absolute atomic E-state index is 5.43. The Balaban J connectivity index is 1.57. The first kappa shape index (κ1) is 11.6. The van der Waals surface area contributed by atoms with E-state index in [1.54, 1.807) is 0 Å². The molecular formula is C11H19N3O2. The normalized spacial score (nSPS) is 21.2. The number of ether oxygens (including phenoxy) is 2. The fourth-order valence-corrected chi connectivity index (χ4v) is 1.76. The van der Waals surface area contributed by atoms with Crippen LogP contribution < -0.4 is 5.32 Å². The van der Waals surface area contributed by atoms with Crippen LogP contribution in [0.3, 0.4) is 0 Å². The summed E-state index contributed by atoms with van der Waals surface area (Å²) < 4.78 is 12.4. The van der Waals surface area contributed by atoms with E-state index in [1.165, 1.54) is 5.56 Å². The molecule has 1 aliphatic heterocycles. The van der Waals surface area contributed by atoms with Gasteiger partial charge in [0.05, 0.1) is 18.9 Å².